The molecule has 4 rings (SSSR count). The van der Waals surface area contributed by atoms with Crippen molar-refractivity contribution in [3.63, 3.8) is 0 Å². The lowest BCUT2D eigenvalue weighted by molar-refractivity contribution is 0.102. The molecule has 29 heavy (non-hydrogen) atoms. The Morgan fingerprint density at radius 3 is 2.69 bits per heavy atom. The van der Waals surface area contributed by atoms with Crippen molar-refractivity contribution in [1.29, 1.82) is 0 Å². The number of benzene rings is 2. The van der Waals surface area contributed by atoms with E-state index in [0.717, 1.165) is 38.4 Å². The smallest absolute Gasteiger partial charge is 0.256 e. The maximum absolute atomic E-state index is 13.6. The highest BCUT2D eigenvalue weighted by Crippen LogP contribution is 2.21. The van der Waals surface area contributed by atoms with Gasteiger partial charge in [0.25, 0.3) is 5.91 Å². The van der Waals surface area contributed by atoms with E-state index in [4.69, 9.17) is 0 Å². The lowest BCUT2D eigenvalue weighted by Crippen LogP contribution is -2.43. The Labute approximate surface area is 170 Å². The van der Waals surface area contributed by atoms with Crippen molar-refractivity contribution in [1.82, 2.24) is 14.8 Å². The van der Waals surface area contributed by atoms with Crippen LogP contribution in [0.3, 0.4) is 0 Å². The lowest BCUT2D eigenvalue weighted by Gasteiger charge is -2.32. The molecular weight excluding hydrogens is 367 g/mol. The molecule has 5 nitrogen and oxygen atoms in total. The fraction of sp³-hybridized carbons (Fsp3) is 0.304. The Balaban J connectivity index is 1.52. The lowest BCUT2D eigenvalue weighted by atomic mass is 10.1. The Hall–Kier alpha value is -2.83. The summed E-state index contributed by atoms with van der Waals surface area (Å²) in [4.78, 5) is 22.1. The van der Waals surface area contributed by atoms with Crippen LogP contribution in [0, 0.1) is 12.7 Å². The van der Waals surface area contributed by atoms with Gasteiger partial charge in [-0.3, -0.25) is 14.7 Å². The quantitative estimate of drug-likeness (QED) is 0.736. The average Bonchev–Trinajstić information content (AvgIpc) is 2.69. The number of pyridine rings is 1. The van der Waals surface area contributed by atoms with Gasteiger partial charge in [0.1, 0.15) is 5.82 Å². The van der Waals surface area contributed by atoms with Crippen molar-refractivity contribution < 1.29 is 9.18 Å². The number of hydrogen-bond donors (Lipinski definition) is 1. The molecule has 0 radical (unpaired) electrons. The highest BCUT2D eigenvalue weighted by atomic mass is 19.1. The largest absolute Gasteiger partial charge is 0.322 e. The molecule has 1 amide bonds. The van der Waals surface area contributed by atoms with Crippen LogP contribution in [0.1, 0.15) is 21.6 Å². The number of rotatable bonds is 4. The molecular formula is C23H25FN4O. The van der Waals surface area contributed by atoms with Gasteiger partial charge in [-0.25, -0.2) is 4.39 Å². The van der Waals surface area contributed by atoms with E-state index in [1.807, 2.05) is 18.2 Å². The second-order valence-electron chi connectivity index (χ2n) is 7.71. The van der Waals surface area contributed by atoms with Crippen molar-refractivity contribution in [2.75, 3.05) is 38.5 Å². The Morgan fingerprint density at radius 1 is 1.10 bits per heavy atom. The highest BCUT2D eigenvalue weighted by molar-refractivity contribution is 6.12. The summed E-state index contributed by atoms with van der Waals surface area (Å²) >= 11 is 0. The van der Waals surface area contributed by atoms with E-state index in [9.17, 15) is 9.18 Å². The van der Waals surface area contributed by atoms with Crippen LogP contribution in [0.25, 0.3) is 10.9 Å². The fourth-order valence-electron chi connectivity index (χ4n) is 3.73. The zero-order valence-electron chi connectivity index (χ0n) is 16.8. The maximum Gasteiger partial charge on any atom is 0.256 e. The van der Waals surface area contributed by atoms with E-state index in [0.29, 0.717) is 22.2 Å². The molecule has 3 aromatic rings. The van der Waals surface area contributed by atoms with Gasteiger partial charge in [0.15, 0.2) is 0 Å². The zero-order valence-corrected chi connectivity index (χ0v) is 16.8. The van der Waals surface area contributed by atoms with Gasteiger partial charge < -0.3 is 10.2 Å². The van der Waals surface area contributed by atoms with Crippen molar-refractivity contribution >= 4 is 22.5 Å². The van der Waals surface area contributed by atoms with Crippen LogP contribution < -0.4 is 5.32 Å². The average molecular weight is 392 g/mol. The number of nitrogens with zero attached hydrogens (tertiary/aromatic N) is 3. The standard InChI is InChI=1S/C23H25FN4O/c1-16-12-21(20-7-6-18(24)14-22(20)25-16)23(29)26-19-5-3-4-17(13-19)15-28-10-8-27(2)9-11-28/h3-7,12-14H,8-11,15H2,1-2H3,(H,26,29). The molecule has 0 unspecified atom stereocenters. The number of carbonyl (C=O) groups excluding carboxylic acids is 1. The number of hydrogen-bond acceptors (Lipinski definition) is 4. The monoisotopic (exact) mass is 392 g/mol. The molecule has 0 aliphatic carbocycles. The fourth-order valence-corrected chi connectivity index (χ4v) is 3.73. The Morgan fingerprint density at radius 2 is 1.90 bits per heavy atom. The second-order valence-corrected chi connectivity index (χ2v) is 7.71. The van der Waals surface area contributed by atoms with E-state index in [1.54, 1.807) is 19.1 Å². The Kier molecular flexibility index (Phi) is 5.56. The second kappa shape index (κ2) is 8.27. The summed E-state index contributed by atoms with van der Waals surface area (Å²) in [5.74, 6) is -0.581. The SMILES string of the molecule is Cc1cc(C(=O)Nc2cccc(CN3CCN(C)CC3)c2)c2ccc(F)cc2n1. The number of likely N-dealkylation sites (N-methyl/N-ethyl adjacent to an activating group) is 1. The molecule has 1 aliphatic heterocycles. The number of aryl methyl sites for hydroxylation is 1. The molecule has 1 saturated heterocycles. The first kappa shape index (κ1) is 19.5. The van der Waals surface area contributed by atoms with Gasteiger partial charge in [0, 0.05) is 55.6 Å². The third-order valence-corrected chi connectivity index (χ3v) is 5.33. The third-order valence-electron chi connectivity index (χ3n) is 5.33. The van der Waals surface area contributed by atoms with Crippen LogP contribution in [-0.2, 0) is 6.54 Å². The van der Waals surface area contributed by atoms with Crippen molar-refractivity contribution in [2.45, 2.75) is 13.5 Å². The molecule has 1 aromatic heterocycles. The third kappa shape index (κ3) is 4.60. The molecule has 0 atom stereocenters. The first-order valence-corrected chi connectivity index (χ1v) is 9.86. The minimum absolute atomic E-state index is 0.219. The summed E-state index contributed by atoms with van der Waals surface area (Å²) in [5, 5.41) is 3.63. The van der Waals surface area contributed by atoms with Crippen LogP contribution in [0.2, 0.25) is 0 Å². The van der Waals surface area contributed by atoms with E-state index >= 15 is 0 Å². The molecule has 2 aromatic carbocycles. The van der Waals surface area contributed by atoms with Crippen LogP contribution in [0.5, 0.6) is 0 Å². The highest BCUT2D eigenvalue weighted by Gasteiger charge is 2.15. The summed E-state index contributed by atoms with van der Waals surface area (Å²) in [6.45, 7) is 6.92. The van der Waals surface area contributed by atoms with Gasteiger partial charge in [-0.15, -0.1) is 0 Å². The van der Waals surface area contributed by atoms with Crippen molar-refractivity contribution in [3.8, 4) is 0 Å². The molecule has 0 bridgehead atoms. The minimum atomic E-state index is -0.362. The summed E-state index contributed by atoms with van der Waals surface area (Å²) in [6.07, 6.45) is 0. The number of amides is 1. The summed E-state index contributed by atoms with van der Waals surface area (Å²) in [6, 6.07) is 14.0. The van der Waals surface area contributed by atoms with Gasteiger partial charge in [0.05, 0.1) is 11.1 Å². The predicted octanol–water partition coefficient (Wildman–Crippen LogP) is 3.68. The number of anilines is 1. The number of piperazine rings is 1. The van der Waals surface area contributed by atoms with Gasteiger partial charge in [-0.2, -0.15) is 0 Å². The van der Waals surface area contributed by atoms with Gasteiger partial charge in [-0.1, -0.05) is 12.1 Å². The molecule has 2 heterocycles. The number of carbonyl (C=O) groups is 1. The van der Waals surface area contributed by atoms with Crippen molar-refractivity contribution in [3.05, 3.63) is 71.2 Å². The number of nitrogens with one attached hydrogen (secondary N) is 1. The minimum Gasteiger partial charge on any atom is -0.322 e. The maximum atomic E-state index is 13.6. The zero-order chi connectivity index (χ0) is 20.4. The summed E-state index contributed by atoms with van der Waals surface area (Å²) < 4.78 is 13.6. The van der Waals surface area contributed by atoms with E-state index < -0.39 is 0 Å². The number of halogens is 1. The molecule has 6 heteroatoms. The molecule has 1 N–H and O–H groups in total. The number of aromatic nitrogens is 1. The topological polar surface area (TPSA) is 48.5 Å². The van der Waals surface area contributed by atoms with Gasteiger partial charge >= 0.3 is 0 Å². The van der Waals surface area contributed by atoms with E-state index in [1.165, 1.54) is 17.7 Å². The van der Waals surface area contributed by atoms with Crippen LogP contribution in [0.15, 0.2) is 48.5 Å². The van der Waals surface area contributed by atoms with Crippen molar-refractivity contribution in [2.24, 2.45) is 0 Å². The summed E-state index contributed by atoms with van der Waals surface area (Å²) in [7, 11) is 2.15. The predicted molar refractivity (Wildman–Crippen MR) is 114 cm³/mol. The summed E-state index contributed by atoms with van der Waals surface area (Å²) in [5.41, 5.74) is 3.59. The van der Waals surface area contributed by atoms with E-state index in [-0.39, 0.29) is 11.7 Å². The molecule has 1 aliphatic rings. The van der Waals surface area contributed by atoms with Crippen LogP contribution >= 0.6 is 0 Å². The molecule has 0 saturated carbocycles. The van der Waals surface area contributed by atoms with Crippen LogP contribution in [-0.4, -0.2) is 53.9 Å². The first-order chi connectivity index (χ1) is 14.0. The van der Waals surface area contributed by atoms with Gasteiger partial charge in [-0.05, 0) is 49.9 Å². The van der Waals surface area contributed by atoms with Gasteiger partial charge in [0.2, 0.25) is 0 Å². The normalized spacial score (nSPS) is 15.6. The number of fused-ring (bicyclic) bond motifs is 1. The van der Waals surface area contributed by atoms with Crippen LogP contribution in [0.4, 0.5) is 10.1 Å². The Bertz CT molecular complexity index is 1040. The molecule has 1 fully saturated rings. The van der Waals surface area contributed by atoms with E-state index in [2.05, 4.69) is 33.2 Å². The first-order valence-electron chi connectivity index (χ1n) is 9.86. The molecule has 0 spiro atoms. The molecule has 150 valence electrons.